The van der Waals surface area contributed by atoms with Crippen LogP contribution < -0.4 is 5.32 Å². The van der Waals surface area contributed by atoms with E-state index in [-0.39, 0.29) is 60.1 Å². The van der Waals surface area contributed by atoms with E-state index in [1.807, 2.05) is 49.3 Å². The van der Waals surface area contributed by atoms with Gasteiger partial charge in [0, 0.05) is 50.4 Å². The van der Waals surface area contributed by atoms with Gasteiger partial charge in [-0.05, 0) is 50.3 Å². The Morgan fingerprint density at radius 1 is 1.08 bits per heavy atom. The lowest BCUT2D eigenvalue weighted by molar-refractivity contribution is -0.143. The lowest BCUT2D eigenvalue weighted by Crippen LogP contribution is -2.48. The van der Waals surface area contributed by atoms with Crippen LogP contribution in [0.15, 0.2) is 35.7 Å². The number of amides is 2. The highest BCUT2D eigenvalue weighted by Gasteiger charge is 2.37. The number of carbonyl (C=O) groups excluding carboxylic acids is 4. The Hall–Kier alpha value is -3.15. The number of benzene rings is 1. The number of esters is 1. The molecule has 6 atom stereocenters. The number of rotatable bonds is 18. The summed E-state index contributed by atoms with van der Waals surface area (Å²) >= 11 is 1.33. The molecule has 1 aromatic carbocycles. The maximum Gasteiger partial charge on any atom is 0.307 e. The monoisotopic (exact) mass is 684 g/mol. The molecule has 1 aliphatic rings. The van der Waals surface area contributed by atoms with Crippen LogP contribution in [0.2, 0.25) is 0 Å². The maximum atomic E-state index is 14.1. The van der Waals surface area contributed by atoms with Gasteiger partial charge in [0.1, 0.15) is 16.8 Å². The number of nitrogens with zero attached hydrogens (tertiary/aromatic N) is 3. The fraction of sp³-hybridized carbons (Fsp3) is 0.649. The third kappa shape index (κ3) is 10.9. The SMILES string of the molecule is CC[C@H](C)[C@H](CC(=O)[C@H]1CCCCN1C)C(=O)N(C)[C@H](C[C@@H](OC)c1nc(C(=O)N[C@H](CC(=O)OC)Cc2ccccc2)cs1)C(C)C. The molecule has 0 saturated carbocycles. The van der Waals surface area contributed by atoms with Crippen LogP contribution in [0.4, 0.5) is 0 Å². The molecule has 1 aromatic heterocycles. The third-order valence-corrected chi connectivity index (χ3v) is 10.8. The van der Waals surface area contributed by atoms with Crippen LogP contribution in [0, 0.1) is 17.8 Å². The number of carbonyl (C=O) groups is 4. The summed E-state index contributed by atoms with van der Waals surface area (Å²) in [5.41, 5.74) is 1.23. The Morgan fingerprint density at radius 3 is 2.40 bits per heavy atom. The minimum absolute atomic E-state index is 0.0148. The van der Waals surface area contributed by atoms with Gasteiger partial charge in [-0.2, -0.15) is 0 Å². The molecule has 2 amide bonds. The van der Waals surface area contributed by atoms with Gasteiger partial charge in [-0.15, -0.1) is 11.3 Å². The first-order valence-electron chi connectivity index (χ1n) is 17.3. The lowest BCUT2D eigenvalue weighted by Gasteiger charge is -2.37. The molecular weight excluding hydrogens is 628 g/mol. The molecular formula is C37H56N4O6S. The summed E-state index contributed by atoms with van der Waals surface area (Å²) in [6.07, 6.45) is 4.58. The molecule has 0 aliphatic carbocycles. The first kappa shape index (κ1) is 39.3. The topological polar surface area (TPSA) is 118 Å². The van der Waals surface area contributed by atoms with E-state index < -0.39 is 24.0 Å². The fourth-order valence-electron chi connectivity index (χ4n) is 6.63. The second kappa shape index (κ2) is 19.1. The Morgan fingerprint density at radius 2 is 1.79 bits per heavy atom. The number of Topliss-reactive ketones (excluding diaryl/α,β-unsaturated/α-hetero) is 1. The normalized spacial score (nSPS) is 18.4. The highest BCUT2D eigenvalue weighted by Crippen LogP contribution is 2.32. The number of thiazole rings is 1. The zero-order valence-corrected chi connectivity index (χ0v) is 30.9. The van der Waals surface area contributed by atoms with Crippen molar-refractivity contribution in [3.63, 3.8) is 0 Å². The fourth-order valence-corrected chi connectivity index (χ4v) is 7.51. The number of ketones is 1. The number of nitrogens with one attached hydrogen (secondary N) is 1. The van der Waals surface area contributed by atoms with Crippen LogP contribution >= 0.6 is 11.3 Å². The summed E-state index contributed by atoms with van der Waals surface area (Å²) in [6.45, 7) is 9.20. The van der Waals surface area contributed by atoms with Crippen molar-refractivity contribution in [2.75, 3.05) is 34.9 Å². The number of aromatic nitrogens is 1. The minimum Gasteiger partial charge on any atom is -0.469 e. The maximum absolute atomic E-state index is 14.1. The minimum atomic E-state index is -0.468. The quantitative estimate of drug-likeness (QED) is 0.199. The van der Waals surface area contributed by atoms with Gasteiger partial charge in [-0.25, -0.2) is 4.98 Å². The van der Waals surface area contributed by atoms with E-state index in [2.05, 4.69) is 42.9 Å². The first-order chi connectivity index (χ1) is 22.9. The van der Waals surface area contributed by atoms with Gasteiger partial charge in [-0.1, -0.05) is 70.9 Å². The van der Waals surface area contributed by atoms with Crippen LogP contribution in [-0.2, 0) is 30.3 Å². The van der Waals surface area contributed by atoms with Crippen molar-refractivity contribution in [1.29, 1.82) is 0 Å². The van der Waals surface area contributed by atoms with Crippen molar-refractivity contribution < 1.29 is 28.7 Å². The molecule has 1 aliphatic heterocycles. The van der Waals surface area contributed by atoms with E-state index >= 15 is 0 Å². The molecule has 2 heterocycles. The van der Waals surface area contributed by atoms with Gasteiger partial charge in [0.05, 0.1) is 19.6 Å². The smallest absolute Gasteiger partial charge is 0.307 e. The molecule has 1 N–H and O–H groups in total. The molecule has 266 valence electrons. The highest BCUT2D eigenvalue weighted by molar-refractivity contribution is 7.09. The van der Waals surface area contributed by atoms with Crippen molar-refractivity contribution in [2.45, 2.75) is 103 Å². The predicted molar refractivity (Wildman–Crippen MR) is 189 cm³/mol. The molecule has 0 spiro atoms. The van der Waals surface area contributed by atoms with Crippen molar-refractivity contribution in [1.82, 2.24) is 20.1 Å². The van der Waals surface area contributed by atoms with Crippen LogP contribution in [0.25, 0.3) is 0 Å². The van der Waals surface area contributed by atoms with Crippen LogP contribution in [0.3, 0.4) is 0 Å². The van der Waals surface area contributed by atoms with Gasteiger partial charge >= 0.3 is 5.97 Å². The molecule has 1 saturated heterocycles. The van der Waals surface area contributed by atoms with E-state index in [1.54, 1.807) is 12.5 Å². The molecule has 0 unspecified atom stereocenters. The summed E-state index contributed by atoms with van der Waals surface area (Å²) in [4.78, 5) is 61.6. The number of ether oxygens (including phenoxy) is 2. The molecule has 0 bridgehead atoms. The van der Waals surface area contributed by atoms with E-state index in [1.165, 1.54) is 18.4 Å². The van der Waals surface area contributed by atoms with Crippen molar-refractivity contribution in [3.8, 4) is 0 Å². The highest BCUT2D eigenvalue weighted by atomic mass is 32.1. The molecule has 1 fully saturated rings. The van der Waals surface area contributed by atoms with E-state index in [0.29, 0.717) is 17.8 Å². The van der Waals surface area contributed by atoms with Gasteiger partial charge in [0.2, 0.25) is 5.91 Å². The summed E-state index contributed by atoms with van der Waals surface area (Å²) in [5, 5.41) is 5.29. The van der Waals surface area contributed by atoms with E-state index in [9.17, 15) is 19.2 Å². The van der Waals surface area contributed by atoms with Crippen molar-refractivity contribution in [2.24, 2.45) is 17.8 Å². The molecule has 2 aromatic rings. The molecule has 0 radical (unpaired) electrons. The largest absolute Gasteiger partial charge is 0.469 e. The Balaban J connectivity index is 1.73. The molecule has 11 heteroatoms. The third-order valence-electron chi connectivity index (χ3n) is 9.90. The number of methoxy groups -OCH3 is 2. The Bertz CT molecular complexity index is 1330. The number of hydrogen-bond acceptors (Lipinski definition) is 9. The molecule has 48 heavy (non-hydrogen) atoms. The van der Waals surface area contributed by atoms with Crippen molar-refractivity contribution in [3.05, 3.63) is 52.0 Å². The summed E-state index contributed by atoms with van der Waals surface area (Å²) in [6, 6.07) is 8.88. The number of hydrogen-bond donors (Lipinski definition) is 1. The number of likely N-dealkylation sites (N-methyl/N-ethyl adjacent to an activating group) is 1. The van der Waals surface area contributed by atoms with E-state index in [4.69, 9.17) is 9.47 Å². The van der Waals surface area contributed by atoms with Gasteiger partial charge < -0.3 is 19.7 Å². The lowest BCUT2D eigenvalue weighted by atomic mass is 9.83. The van der Waals surface area contributed by atoms with Gasteiger partial charge in [-0.3, -0.25) is 24.1 Å². The standard InChI is InChI=1S/C37H56N4O6S/c1-9-25(4)28(21-32(42)30-17-13-14-18-40(30)5)37(45)41(6)31(24(2)3)22-33(46-7)36-39-29(23-48-36)35(44)38-27(20-34(43)47-8)19-26-15-11-10-12-16-26/h10-12,15-16,23-25,27-28,30-31,33H,9,13-14,17-22H2,1-8H3,(H,38,44)/t25-,27-,28-,30+,31+,33+/m0/s1. The van der Waals surface area contributed by atoms with E-state index in [0.717, 1.165) is 37.8 Å². The Kier molecular flexibility index (Phi) is 15.7. The molecule has 3 rings (SSSR count). The summed E-state index contributed by atoms with van der Waals surface area (Å²) in [7, 11) is 6.78. The average Bonchev–Trinajstić information content (AvgIpc) is 3.57. The number of likely N-dealkylation sites (tertiary alicyclic amines) is 1. The second-order valence-corrected chi connectivity index (χ2v) is 14.5. The van der Waals surface area contributed by atoms with Crippen LogP contribution in [0.5, 0.6) is 0 Å². The average molecular weight is 685 g/mol. The first-order valence-corrected chi connectivity index (χ1v) is 18.2. The summed E-state index contributed by atoms with van der Waals surface area (Å²) in [5.74, 6) is -0.869. The van der Waals surface area contributed by atoms with Crippen molar-refractivity contribution >= 4 is 34.9 Å². The zero-order valence-electron chi connectivity index (χ0n) is 30.1. The molecule has 10 nitrogen and oxygen atoms in total. The summed E-state index contributed by atoms with van der Waals surface area (Å²) < 4.78 is 10.8. The number of piperidine rings is 1. The Labute approximate surface area is 291 Å². The zero-order chi connectivity index (χ0) is 35.4. The van der Waals surface area contributed by atoms with Crippen LogP contribution in [0.1, 0.15) is 99.8 Å². The van der Waals surface area contributed by atoms with Gasteiger partial charge in [0.25, 0.3) is 5.91 Å². The second-order valence-electron chi connectivity index (χ2n) is 13.6. The predicted octanol–water partition coefficient (Wildman–Crippen LogP) is 5.71. The van der Waals surface area contributed by atoms with Crippen LogP contribution in [-0.4, -0.2) is 91.3 Å². The van der Waals surface area contributed by atoms with Gasteiger partial charge in [0.15, 0.2) is 5.78 Å².